The Morgan fingerprint density at radius 2 is 2.00 bits per heavy atom. The van der Waals surface area contributed by atoms with Crippen LogP contribution in [0.2, 0.25) is 0 Å². The second-order valence-corrected chi connectivity index (χ2v) is 5.21. The Morgan fingerprint density at radius 1 is 1.32 bits per heavy atom. The second kappa shape index (κ2) is 6.93. The lowest BCUT2D eigenvalue weighted by Gasteiger charge is -2.17. The quantitative estimate of drug-likeness (QED) is 0.752. The fourth-order valence-electron chi connectivity index (χ4n) is 2.29. The van der Waals surface area contributed by atoms with Crippen molar-refractivity contribution in [3.8, 4) is 0 Å². The molecule has 1 fully saturated rings. The topological polar surface area (TPSA) is 98.7 Å². The maximum atomic E-state index is 12.3. The molecule has 3 N–H and O–H groups in total. The van der Waals surface area contributed by atoms with Crippen LogP contribution in [-0.2, 0) is 9.59 Å². The molecule has 1 saturated heterocycles. The molecule has 0 radical (unpaired) electrons. The molecule has 1 heterocycles. The zero-order chi connectivity index (χ0) is 16.1. The van der Waals surface area contributed by atoms with E-state index in [1.54, 1.807) is 4.90 Å². The summed E-state index contributed by atoms with van der Waals surface area (Å²) in [5.41, 5.74) is 1.93. The van der Waals surface area contributed by atoms with Crippen LogP contribution in [0.25, 0.3) is 0 Å². The number of nitrogens with zero attached hydrogens (tertiary/aromatic N) is 1. The lowest BCUT2D eigenvalue weighted by Crippen LogP contribution is -2.46. The second-order valence-electron chi connectivity index (χ2n) is 5.21. The molecule has 1 aromatic rings. The van der Waals surface area contributed by atoms with Crippen LogP contribution in [0.15, 0.2) is 24.3 Å². The number of rotatable bonds is 5. The molecule has 7 heteroatoms. The van der Waals surface area contributed by atoms with Gasteiger partial charge in [0.25, 0.3) is 0 Å². The van der Waals surface area contributed by atoms with Crippen LogP contribution in [0.5, 0.6) is 0 Å². The number of carboxylic acids is 1. The molecule has 3 amide bonds. The SMILES string of the molecule is Cc1ccc(N2CCC(NC(=O)NCCC(=O)O)C2=O)cc1. The van der Waals surface area contributed by atoms with Gasteiger partial charge < -0.3 is 20.6 Å². The van der Waals surface area contributed by atoms with Gasteiger partial charge in [0.05, 0.1) is 6.42 Å². The van der Waals surface area contributed by atoms with Crippen molar-refractivity contribution in [2.24, 2.45) is 0 Å². The Hall–Kier alpha value is -2.57. The van der Waals surface area contributed by atoms with Crippen LogP contribution in [0, 0.1) is 6.92 Å². The van der Waals surface area contributed by atoms with Crippen molar-refractivity contribution in [2.75, 3.05) is 18.0 Å². The van der Waals surface area contributed by atoms with Gasteiger partial charge in [0.1, 0.15) is 6.04 Å². The number of carbonyl (C=O) groups excluding carboxylic acids is 2. The van der Waals surface area contributed by atoms with Crippen molar-refractivity contribution in [3.63, 3.8) is 0 Å². The molecular weight excluding hydrogens is 286 g/mol. The van der Waals surface area contributed by atoms with Crippen LogP contribution in [-0.4, -0.2) is 42.1 Å². The van der Waals surface area contributed by atoms with E-state index in [-0.39, 0.29) is 18.9 Å². The highest BCUT2D eigenvalue weighted by Gasteiger charge is 2.33. The van der Waals surface area contributed by atoms with Gasteiger partial charge in [-0.2, -0.15) is 0 Å². The third kappa shape index (κ3) is 3.97. The predicted octanol–water partition coefficient (Wildman–Crippen LogP) is 0.874. The van der Waals surface area contributed by atoms with E-state index < -0.39 is 18.0 Å². The number of carbonyl (C=O) groups is 3. The number of aliphatic carboxylic acids is 1. The van der Waals surface area contributed by atoms with Crippen molar-refractivity contribution >= 4 is 23.6 Å². The van der Waals surface area contributed by atoms with Gasteiger partial charge in [-0.1, -0.05) is 17.7 Å². The number of amides is 3. The monoisotopic (exact) mass is 305 g/mol. The smallest absolute Gasteiger partial charge is 0.315 e. The molecule has 1 unspecified atom stereocenters. The fraction of sp³-hybridized carbons (Fsp3) is 0.400. The number of hydrogen-bond donors (Lipinski definition) is 3. The van der Waals surface area contributed by atoms with E-state index in [9.17, 15) is 14.4 Å². The van der Waals surface area contributed by atoms with Gasteiger partial charge in [0, 0.05) is 18.8 Å². The minimum absolute atomic E-state index is 0.0315. The molecule has 1 atom stereocenters. The number of aryl methyl sites for hydroxylation is 1. The molecule has 0 spiro atoms. The van der Waals surface area contributed by atoms with Crippen molar-refractivity contribution in [3.05, 3.63) is 29.8 Å². The molecule has 1 aliphatic rings. The number of nitrogens with one attached hydrogen (secondary N) is 2. The lowest BCUT2D eigenvalue weighted by molar-refractivity contribution is -0.136. The molecule has 0 saturated carbocycles. The average Bonchev–Trinajstić information content (AvgIpc) is 2.81. The highest BCUT2D eigenvalue weighted by molar-refractivity contribution is 6.01. The number of carboxylic acid groups (broad SMARTS) is 1. The Balaban J connectivity index is 1.87. The molecule has 2 rings (SSSR count). The summed E-state index contributed by atoms with van der Waals surface area (Å²) in [5, 5.41) is 13.5. The molecule has 22 heavy (non-hydrogen) atoms. The van der Waals surface area contributed by atoms with Crippen LogP contribution in [0.4, 0.5) is 10.5 Å². The van der Waals surface area contributed by atoms with Gasteiger partial charge in [-0.25, -0.2) is 4.79 Å². The maximum Gasteiger partial charge on any atom is 0.315 e. The normalized spacial score (nSPS) is 17.4. The summed E-state index contributed by atoms with van der Waals surface area (Å²) in [6.07, 6.45) is 0.376. The van der Waals surface area contributed by atoms with Gasteiger partial charge in [-0.15, -0.1) is 0 Å². The first kappa shape index (κ1) is 15.8. The minimum atomic E-state index is -0.984. The van der Waals surface area contributed by atoms with Gasteiger partial charge in [-0.3, -0.25) is 9.59 Å². The number of hydrogen-bond acceptors (Lipinski definition) is 3. The predicted molar refractivity (Wildman–Crippen MR) is 80.7 cm³/mol. The summed E-state index contributed by atoms with van der Waals surface area (Å²) < 4.78 is 0. The van der Waals surface area contributed by atoms with Gasteiger partial charge >= 0.3 is 12.0 Å². The van der Waals surface area contributed by atoms with Crippen molar-refractivity contribution in [1.29, 1.82) is 0 Å². The van der Waals surface area contributed by atoms with E-state index in [0.29, 0.717) is 13.0 Å². The largest absolute Gasteiger partial charge is 0.481 e. The van der Waals surface area contributed by atoms with Crippen LogP contribution < -0.4 is 15.5 Å². The molecule has 0 aromatic heterocycles. The first-order valence-electron chi connectivity index (χ1n) is 7.11. The zero-order valence-corrected chi connectivity index (χ0v) is 12.3. The highest BCUT2D eigenvalue weighted by atomic mass is 16.4. The Kier molecular flexibility index (Phi) is 4.98. The van der Waals surface area contributed by atoms with Gasteiger partial charge in [0.15, 0.2) is 0 Å². The van der Waals surface area contributed by atoms with Crippen LogP contribution >= 0.6 is 0 Å². The van der Waals surface area contributed by atoms with Gasteiger partial charge in [-0.05, 0) is 25.5 Å². The Morgan fingerprint density at radius 3 is 2.64 bits per heavy atom. The minimum Gasteiger partial charge on any atom is -0.481 e. The van der Waals surface area contributed by atoms with Crippen LogP contribution in [0.3, 0.4) is 0 Å². The van der Waals surface area contributed by atoms with Crippen LogP contribution in [0.1, 0.15) is 18.4 Å². The van der Waals surface area contributed by atoms with Gasteiger partial charge in [0.2, 0.25) is 5.91 Å². The number of urea groups is 1. The molecule has 118 valence electrons. The standard InChI is InChI=1S/C15H19N3O4/c1-10-2-4-11(5-3-10)18-9-7-12(14(18)21)17-15(22)16-8-6-13(19)20/h2-5,12H,6-9H2,1H3,(H,19,20)(H2,16,17,22). The Labute approximate surface area is 128 Å². The summed E-state index contributed by atoms with van der Waals surface area (Å²) in [5.74, 6) is -1.14. The summed E-state index contributed by atoms with van der Waals surface area (Å²) in [4.78, 5) is 35.9. The maximum absolute atomic E-state index is 12.3. The molecule has 1 aliphatic heterocycles. The molecule has 1 aromatic carbocycles. The molecule has 7 nitrogen and oxygen atoms in total. The summed E-state index contributed by atoms with van der Waals surface area (Å²) in [7, 11) is 0. The van der Waals surface area contributed by atoms with Crippen molar-refractivity contribution in [1.82, 2.24) is 10.6 Å². The third-order valence-electron chi connectivity index (χ3n) is 3.48. The van der Waals surface area contributed by atoms with E-state index in [2.05, 4.69) is 10.6 Å². The van der Waals surface area contributed by atoms with E-state index >= 15 is 0 Å². The lowest BCUT2D eigenvalue weighted by atomic mass is 10.2. The fourth-order valence-corrected chi connectivity index (χ4v) is 2.29. The summed E-state index contributed by atoms with van der Waals surface area (Å²) >= 11 is 0. The first-order chi connectivity index (χ1) is 10.5. The van der Waals surface area contributed by atoms with Crippen molar-refractivity contribution in [2.45, 2.75) is 25.8 Å². The summed E-state index contributed by atoms with van der Waals surface area (Å²) in [6.45, 7) is 2.55. The van der Waals surface area contributed by atoms with E-state index in [0.717, 1.165) is 11.3 Å². The van der Waals surface area contributed by atoms with E-state index in [1.165, 1.54) is 0 Å². The number of benzene rings is 1. The number of anilines is 1. The molecular formula is C15H19N3O4. The van der Waals surface area contributed by atoms with E-state index in [1.807, 2.05) is 31.2 Å². The van der Waals surface area contributed by atoms with Crippen molar-refractivity contribution < 1.29 is 19.5 Å². The third-order valence-corrected chi connectivity index (χ3v) is 3.48. The summed E-state index contributed by atoms with van der Waals surface area (Å²) in [6, 6.07) is 6.52. The molecule has 0 bridgehead atoms. The average molecular weight is 305 g/mol. The highest BCUT2D eigenvalue weighted by Crippen LogP contribution is 2.21. The molecule has 0 aliphatic carbocycles. The Bertz CT molecular complexity index is 571. The zero-order valence-electron chi connectivity index (χ0n) is 12.3. The van der Waals surface area contributed by atoms with E-state index in [4.69, 9.17) is 5.11 Å². The first-order valence-corrected chi connectivity index (χ1v) is 7.11.